The first-order valence-corrected chi connectivity index (χ1v) is 22.0. The largest absolute Gasteiger partial charge is 0.456 e. The number of hydrogen-bond donors (Lipinski definition) is 0. The minimum absolute atomic E-state index is 0.155. The molecular weight excluding hydrogens is 777 g/mol. The molecule has 300 valence electrons. The predicted octanol–water partition coefficient (Wildman–Crippen LogP) is 16.5. The summed E-state index contributed by atoms with van der Waals surface area (Å²) in [6.07, 6.45) is 0. The summed E-state index contributed by atoms with van der Waals surface area (Å²) in [6.45, 7) is 4.69. The molecule has 0 radical (unpaired) electrons. The average molecular weight is 817 g/mol. The lowest BCUT2D eigenvalue weighted by molar-refractivity contribution is 0.661. The highest BCUT2D eigenvalue weighted by Gasteiger charge is 2.37. The molecule has 10 aromatic carbocycles. The van der Waals surface area contributed by atoms with E-state index in [1.807, 2.05) is 6.07 Å². The molecule has 0 fully saturated rings. The van der Waals surface area contributed by atoms with Gasteiger partial charge in [0.25, 0.3) is 0 Å². The van der Waals surface area contributed by atoms with E-state index in [0.717, 1.165) is 61.0 Å². The van der Waals surface area contributed by atoms with Crippen LogP contribution in [0.3, 0.4) is 0 Å². The minimum Gasteiger partial charge on any atom is -0.456 e. The van der Waals surface area contributed by atoms with Crippen molar-refractivity contribution in [1.82, 2.24) is 9.97 Å². The van der Waals surface area contributed by atoms with E-state index in [1.54, 1.807) is 0 Å². The lowest BCUT2D eigenvalue weighted by atomic mass is 9.81. The van der Waals surface area contributed by atoms with E-state index < -0.39 is 0 Å². The van der Waals surface area contributed by atoms with E-state index in [-0.39, 0.29) is 5.41 Å². The first-order valence-electron chi connectivity index (χ1n) is 22.0. The fraction of sp³-hybridized carbons (Fsp3) is 0.0492. The van der Waals surface area contributed by atoms with Gasteiger partial charge in [0.2, 0.25) is 0 Å². The summed E-state index contributed by atoms with van der Waals surface area (Å²) in [5, 5.41) is 9.55. The average Bonchev–Trinajstić information content (AvgIpc) is 3.84. The summed E-state index contributed by atoms with van der Waals surface area (Å²) in [7, 11) is 0. The molecule has 0 atom stereocenters. The van der Waals surface area contributed by atoms with Crippen LogP contribution in [0.1, 0.15) is 25.0 Å². The van der Waals surface area contributed by atoms with Crippen molar-refractivity contribution < 1.29 is 4.42 Å². The van der Waals surface area contributed by atoms with Crippen LogP contribution < -0.4 is 0 Å². The van der Waals surface area contributed by atoms with Gasteiger partial charge in [0, 0.05) is 32.9 Å². The van der Waals surface area contributed by atoms with Crippen molar-refractivity contribution >= 4 is 54.3 Å². The fourth-order valence-corrected chi connectivity index (χ4v) is 10.4. The molecule has 1 aliphatic rings. The molecule has 0 amide bonds. The Morgan fingerprint density at radius 1 is 0.359 bits per heavy atom. The molecular formula is C61H40N2O. The summed E-state index contributed by atoms with van der Waals surface area (Å²) < 4.78 is 6.36. The Morgan fingerprint density at radius 2 is 0.953 bits per heavy atom. The summed E-state index contributed by atoms with van der Waals surface area (Å²) in [5.41, 5.74) is 16.5. The summed E-state index contributed by atoms with van der Waals surface area (Å²) in [5.74, 6) is 0.712. The molecule has 0 N–H and O–H groups in total. The van der Waals surface area contributed by atoms with Gasteiger partial charge in [-0.15, -0.1) is 0 Å². The smallest absolute Gasteiger partial charge is 0.160 e. The number of nitrogens with zero attached hydrogens (tertiary/aromatic N) is 2. The van der Waals surface area contributed by atoms with Crippen molar-refractivity contribution in [3.8, 4) is 67.3 Å². The lowest BCUT2D eigenvalue weighted by Gasteiger charge is -2.22. The zero-order valence-electron chi connectivity index (χ0n) is 35.4. The highest BCUT2D eigenvalue weighted by molar-refractivity contribution is 6.19. The molecule has 12 aromatic rings. The third-order valence-electron chi connectivity index (χ3n) is 13.6. The quantitative estimate of drug-likeness (QED) is 0.174. The van der Waals surface area contributed by atoms with E-state index in [2.05, 4.69) is 214 Å². The monoisotopic (exact) mass is 816 g/mol. The molecule has 3 heteroatoms. The molecule has 3 nitrogen and oxygen atoms in total. The Hall–Kier alpha value is -8.14. The summed E-state index contributed by atoms with van der Waals surface area (Å²) in [6, 6.07) is 74.3. The molecule has 0 saturated carbocycles. The van der Waals surface area contributed by atoms with Gasteiger partial charge in [-0.2, -0.15) is 0 Å². The Labute approximate surface area is 371 Å². The van der Waals surface area contributed by atoms with Gasteiger partial charge in [-0.1, -0.05) is 172 Å². The molecule has 1 aliphatic carbocycles. The van der Waals surface area contributed by atoms with Crippen LogP contribution in [0.5, 0.6) is 0 Å². The van der Waals surface area contributed by atoms with Gasteiger partial charge in [0.1, 0.15) is 11.2 Å². The lowest BCUT2D eigenvalue weighted by Crippen LogP contribution is -2.14. The molecule has 0 unspecified atom stereocenters. The van der Waals surface area contributed by atoms with Gasteiger partial charge in [0.05, 0.1) is 11.4 Å². The maximum absolute atomic E-state index is 6.36. The predicted molar refractivity (Wildman–Crippen MR) is 267 cm³/mol. The van der Waals surface area contributed by atoms with Crippen molar-refractivity contribution in [2.75, 3.05) is 0 Å². The third-order valence-corrected chi connectivity index (χ3v) is 13.6. The van der Waals surface area contributed by atoms with Gasteiger partial charge in [-0.3, -0.25) is 0 Å². The Bertz CT molecular complexity index is 3880. The molecule has 0 aliphatic heterocycles. The van der Waals surface area contributed by atoms with Gasteiger partial charge < -0.3 is 4.42 Å². The molecule has 0 saturated heterocycles. The molecule has 13 rings (SSSR count). The van der Waals surface area contributed by atoms with Crippen molar-refractivity contribution in [2.24, 2.45) is 0 Å². The summed E-state index contributed by atoms with van der Waals surface area (Å²) >= 11 is 0. The van der Waals surface area contributed by atoms with Crippen molar-refractivity contribution in [3.05, 3.63) is 217 Å². The normalized spacial score (nSPS) is 13.0. The van der Waals surface area contributed by atoms with Gasteiger partial charge in [-0.05, 0) is 125 Å². The van der Waals surface area contributed by atoms with Crippen LogP contribution >= 0.6 is 0 Å². The number of fused-ring (bicyclic) bond motifs is 10. The van der Waals surface area contributed by atoms with E-state index in [1.165, 1.54) is 65.9 Å². The van der Waals surface area contributed by atoms with Crippen LogP contribution in [0.25, 0.3) is 122 Å². The Balaban J connectivity index is 0.916. The van der Waals surface area contributed by atoms with E-state index in [4.69, 9.17) is 14.4 Å². The van der Waals surface area contributed by atoms with Gasteiger partial charge in [0.15, 0.2) is 5.82 Å². The van der Waals surface area contributed by atoms with Crippen LogP contribution in [0, 0.1) is 0 Å². The maximum atomic E-state index is 6.36. The van der Waals surface area contributed by atoms with Gasteiger partial charge >= 0.3 is 0 Å². The number of hydrogen-bond acceptors (Lipinski definition) is 3. The zero-order chi connectivity index (χ0) is 42.5. The molecule has 0 bridgehead atoms. The number of rotatable bonds is 5. The second-order valence-corrected chi connectivity index (χ2v) is 17.7. The topological polar surface area (TPSA) is 38.9 Å². The van der Waals surface area contributed by atoms with Crippen LogP contribution in [0.2, 0.25) is 0 Å². The number of aromatic nitrogens is 2. The van der Waals surface area contributed by atoms with Gasteiger partial charge in [-0.25, -0.2) is 9.97 Å². The Morgan fingerprint density at radius 3 is 1.77 bits per heavy atom. The second-order valence-electron chi connectivity index (χ2n) is 17.7. The fourth-order valence-electron chi connectivity index (χ4n) is 10.4. The van der Waals surface area contributed by atoms with Crippen molar-refractivity contribution in [1.29, 1.82) is 0 Å². The van der Waals surface area contributed by atoms with Crippen LogP contribution in [-0.4, -0.2) is 9.97 Å². The molecule has 2 heterocycles. The highest BCUT2D eigenvalue weighted by Crippen LogP contribution is 2.53. The standard InChI is InChI=1S/C61H40N2O/c1-61(2)52-22-12-21-49(58(52)50-33-39-16-6-7-17-40(39)35-53(50)61)55-36-54(62-60(63-55)38-14-4-3-5-15-38)45-26-24-41-31-43(25-23-42(41)32-45)46-18-10-11-19-47(46)44-28-29-56-51(34-44)59-48-20-9-8-13-37(48)27-30-57(59)64-56/h3-36H,1-2H3. The van der Waals surface area contributed by atoms with Crippen LogP contribution in [0.4, 0.5) is 0 Å². The first-order chi connectivity index (χ1) is 31.4. The van der Waals surface area contributed by atoms with Crippen LogP contribution in [-0.2, 0) is 5.41 Å². The second kappa shape index (κ2) is 13.9. The molecule has 0 spiro atoms. The molecule has 64 heavy (non-hydrogen) atoms. The third kappa shape index (κ3) is 5.67. The van der Waals surface area contributed by atoms with Crippen molar-refractivity contribution in [3.63, 3.8) is 0 Å². The van der Waals surface area contributed by atoms with Crippen molar-refractivity contribution in [2.45, 2.75) is 19.3 Å². The Kier molecular flexibility index (Phi) is 7.95. The minimum atomic E-state index is -0.155. The highest BCUT2D eigenvalue weighted by atomic mass is 16.3. The molecule has 2 aromatic heterocycles. The van der Waals surface area contributed by atoms with E-state index in [0.29, 0.717) is 5.82 Å². The first kappa shape index (κ1) is 36.5. The number of furan rings is 1. The number of benzene rings is 10. The maximum Gasteiger partial charge on any atom is 0.160 e. The van der Waals surface area contributed by atoms with E-state index in [9.17, 15) is 0 Å². The van der Waals surface area contributed by atoms with Crippen LogP contribution in [0.15, 0.2) is 211 Å². The SMILES string of the molecule is CC1(C)c2cc3ccccc3cc2-c2c(-c3cc(-c4ccc5cc(-c6ccccc6-c6ccc7oc8ccc9ccccc9c8c7c6)ccc5c4)nc(-c4ccccc4)n3)cccc21. The zero-order valence-corrected chi connectivity index (χ0v) is 35.4. The summed E-state index contributed by atoms with van der Waals surface area (Å²) in [4.78, 5) is 10.6. The van der Waals surface area contributed by atoms with E-state index >= 15 is 0 Å².